The molecule has 0 spiro atoms. The van der Waals surface area contributed by atoms with Crippen molar-refractivity contribution in [1.82, 2.24) is 0 Å². The van der Waals surface area contributed by atoms with E-state index in [1.165, 1.54) is 38.9 Å². The van der Waals surface area contributed by atoms with Crippen LogP contribution in [0, 0.1) is 0 Å². The Bertz CT molecular complexity index is 1310. The zero-order valence-corrected chi connectivity index (χ0v) is 21.2. The Labute approximate surface area is 210 Å². The second-order valence-corrected chi connectivity index (χ2v) is 9.46. The molecular formula is C29H22Br2O2. The van der Waals surface area contributed by atoms with Crippen LogP contribution in [-0.4, -0.2) is 16.4 Å². The van der Waals surface area contributed by atoms with Gasteiger partial charge in [-0.15, -0.1) is 0 Å². The molecule has 2 nitrogen and oxygen atoms in total. The number of ether oxygens (including phenoxy) is 1. The van der Waals surface area contributed by atoms with Gasteiger partial charge in [0.05, 0.1) is 5.33 Å². The van der Waals surface area contributed by atoms with Gasteiger partial charge in [-0.1, -0.05) is 80.4 Å². The Balaban J connectivity index is 1.45. The number of hydrogen-bond donors (Lipinski definition) is 0. The molecule has 0 unspecified atom stereocenters. The molecule has 0 N–H and O–H groups in total. The first-order valence-corrected chi connectivity index (χ1v) is 13.2. The van der Waals surface area contributed by atoms with Crippen LogP contribution in [0.3, 0.4) is 0 Å². The molecule has 0 heterocycles. The van der Waals surface area contributed by atoms with Crippen LogP contribution in [0.15, 0.2) is 84.9 Å². The molecule has 0 atom stereocenters. The number of rotatable bonds is 7. The van der Waals surface area contributed by atoms with Crippen molar-refractivity contribution in [3.63, 3.8) is 0 Å². The van der Waals surface area contributed by atoms with Crippen molar-refractivity contribution in [1.29, 1.82) is 0 Å². The van der Waals surface area contributed by atoms with Crippen LogP contribution < -0.4 is 4.74 Å². The summed E-state index contributed by atoms with van der Waals surface area (Å²) in [5.74, 6) is 1.55. The Morgan fingerprint density at radius 2 is 1.48 bits per heavy atom. The quantitative estimate of drug-likeness (QED) is 0.148. The van der Waals surface area contributed by atoms with Crippen molar-refractivity contribution >= 4 is 37.6 Å². The molecule has 1 aliphatic carbocycles. The van der Waals surface area contributed by atoms with Gasteiger partial charge in [0.2, 0.25) is 0 Å². The van der Waals surface area contributed by atoms with Gasteiger partial charge in [-0.3, -0.25) is 4.79 Å². The van der Waals surface area contributed by atoms with Crippen LogP contribution in [0.25, 0.3) is 22.3 Å². The number of aryl methyl sites for hydroxylation is 1. The number of halogens is 2. The van der Waals surface area contributed by atoms with Gasteiger partial charge in [0.1, 0.15) is 11.5 Å². The molecule has 0 aliphatic heterocycles. The highest BCUT2D eigenvalue weighted by molar-refractivity contribution is 9.09. The number of Topliss-reactive ketones (excluding diaryl/α,β-unsaturated/α-hetero) is 1. The van der Waals surface area contributed by atoms with Crippen molar-refractivity contribution < 1.29 is 9.53 Å². The van der Waals surface area contributed by atoms with Crippen LogP contribution in [0.1, 0.15) is 27.0 Å². The van der Waals surface area contributed by atoms with Crippen LogP contribution in [0.2, 0.25) is 0 Å². The second-order valence-electron chi connectivity index (χ2n) is 8.11. The Morgan fingerprint density at radius 3 is 2.18 bits per heavy atom. The van der Waals surface area contributed by atoms with Crippen molar-refractivity contribution in [2.45, 2.75) is 12.8 Å². The molecule has 33 heavy (non-hydrogen) atoms. The summed E-state index contributed by atoms with van der Waals surface area (Å²) in [4.78, 5) is 11.8. The third-order valence-electron chi connectivity index (χ3n) is 6.11. The van der Waals surface area contributed by atoms with Crippen LogP contribution in [0.4, 0.5) is 0 Å². The average Bonchev–Trinajstić information content (AvgIpc) is 3.23. The number of ketones is 1. The average molecular weight is 562 g/mol. The van der Waals surface area contributed by atoms with Crippen molar-refractivity contribution in [3.05, 3.63) is 107 Å². The third kappa shape index (κ3) is 4.42. The summed E-state index contributed by atoms with van der Waals surface area (Å²) in [7, 11) is 0. The molecular weight excluding hydrogens is 540 g/mol. The SMILES string of the molecule is O=C(CBr)c1ccc(Oc2ccc(-c3c(CCBr)ccc4c3Cc3ccccc3-4)cc2)cc1. The van der Waals surface area contributed by atoms with E-state index in [0.717, 1.165) is 23.9 Å². The Hall–Kier alpha value is -2.69. The maximum atomic E-state index is 11.8. The van der Waals surface area contributed by atoms with E-state index in [1.807, 2.05) is 24.3 Å². The molecule has 164 valence electrons. The highest BCUT2D eigenvalue weighted by Crippen LogP contribution is 2.43. The topological polar surface area (TPSA) is 26.3 Å². The molecule has 0 radical (unpaired) electrons. The predicted molar refractivity (Wildman–Crippen MR) is 142 cm³/mol. The monoisotopic (exact) mass is 560 g/mol. The van der Waals surface area contributed by atoms with E-state index in [-0.39, 0.29) is 5.78 Å². The predicted octanol–water partition coefficient (Wildman–Crippen LogP) is 8.23. The number of carbonyl (C=O) groups is 1. The van der Waals surface area contributed by atoms with Gasteiger partial charge in [-0.25, -0.2) is 0 Å². The first kappa shape index (κ1) is 22.1. The van der Waals surface area contributed by atoms with E-state index in [2.05, 4.69) is 80.4 Å². The summed E-state index contributed by atoms with van der Waals surface area (Å²) >= 11 is 6.83. The molecule has 0 aromatic heterocycles. The minimum atomic E-state index is 0.0581. The fourth-order valence-corrected chi connectivity index (χ4v) is 5.29. The molecule has 0 bridgehead atoms. The molecule has 0 fully saturated rings. The number of carbonyl (C=O) groups excluding carboxylic acids is 1. The van der Waals surface area contributed by atoms with Crippen LogP contribution in [-0.2, 0) is 12.8 Å². The molecule has 0 saturated carbocycles. The first-order valence-electron chi connectivity index (χ1n) is 10.9. The van der Waals surface area contributed by atoms with E-state index in [9.17, 15) is 4.79 Å². The van der Waals surface area contributed by atoms with Gasteiger partial charge in [0.25, 0.3) is 0 Å². The number of hydrogen-bond acceptors (Lipinski definition) is 2. The van der Waals surface area contributed by atoms with Gasteiger partial charge in [0, 0.05) is 10.9 Å². The summed E-state index contributed by atoms with van der Waals surface area (Å²) in [5, 5.41) is 1.25. The lowest BCUT2D eigenvalue weighted by molar-refractivity contribution is 0.102. The van der Waals surface area contributed by atoms with Gasteiger partial charge in [-0.2, -0.15) is 0 Å². The van der Waals surface area contributed by atoms with E-state index in [0.29, 0.717) is 16.6 Å². The van der Waals surface area contributed by atoms with Crippen LogP contribution in [0.5, 0.6) is 11.5 Å². The van der Waals surface area contributed by atoms with Gasteiger partial charge in [0.15, 0.2) is 5.78 Å². The zero-order valence-electron chi connectivity index (χ0n) is 18.0. The maximum Gasteiger partial charge on any atom is 0.173 e. The van der Waals surface area contributed by atoms with Crippen LogP contribution >= 0.6 is 31.9 Å². The Morgan fingerprint density at radius 1 is 0.788 bits per heavy atom. The van der Waals surface area contributed by atoms with E-state index in [1.54, 1.807) is 12.1 Å². The fourth-order valence-electron chi connectivity index (χ4n) is 4.54. The summed E-state index contributed by atoms with van der Waals surface area (Å²) in [5.41, 5.74) is 10.1. The molecule has 4 aromatic rings. The van der Waals surface area contributed by atoms with Gasteiger partial charge in [-0.05, 0) is 88.2 Å². The first-order chi connectivity index (χ1) is 16.2. The maximum absolute atomic E-state index is 11.8. The summed E-state index contributed by atoms with van der Waals surface area (Å²) in [6.07, 6.45) is 1.95. The number of fused-ring (bicyclic) bond motifs is 3. The second kappa shape index (κ2) is 9.66. The highest BCUT2D eigenvalue weighted by atomic mass is 79.9. The van der Waals surface area contributed by atoms with E-state index in [4.69, 9.17) is 4.74 Å². The fraction of sp³-hybridized carbons (Fsp3) is 0.138. The molecule has 0 saturated heterocycles. The smallest absolute Gasteiger partial charge is 0.173 e. The molecule has 1 aliphatic rings. The zero-order chi connectivity index (χ0) is 22.8. The van der Waals surface area contributed by atoms with E-state index < -0.39 is 0 Å². The lowest BCUT2D eigenvalue weighted by Crippen LogP contribution is -1.99. The van der Waals surface area contributed by atoms with E-state index >= 15 is 0 Å². The number of alkyl halides is 2. The summed E-state index contributed by atoms with van der Waals surface area (Å²) in [6, 6.07) is 28.9. The molecule has 0 amide bonds. The van der Waals surface area contributed by atoms with Crippen molar-refractivity contribution in [2.75, 3.05) is 10.7 Å². The highest BCUT2D eigenvalue weighted by Gasteiger charge is 2.23. The summed E-state index contributed by atoms with van der Waals surface area (Å²) in [6.45, 7) is 0. The lowest BCUT2D eigenvalue weighted by atomic mass is 9.90. The van der Waals surface area contributed by atoms with Crippen molar-refractivity contribution in [2.24, 2.45) is 0 Å². The van der Waals surface area contributed by atoms with Gasteiger partial charge < -0.3 is 4.74 Å². The van der Waals surface area contributed by atoms with Crippen molar-refractivity contribution in [3.8, 4) is 33.8 Å². The molecule has 4 aromatic carbocycles. The third-order valence-corrected chi connectivity index (χ3v) is 7.02. The Kier molecular flexibility index (Phi) is 6.48. The minimum Gasteiger partial charge on any atom is -0.457 e. The molecule has 5 rings (SSSR count). The molecule has 4 heteroatoms. The minimum absolute atomic E-state index is 0.0581. The lowest BCUT2D eigenvalue weighted by Gasteiger charge is -2.16. The largest absolute Gasteiger partial charge is 0.457 e. The number of benzene rings is 4. The van der Waals surface area contributed by atoms with Gasteiger partial charge >= 0.3 is 0 Å². The normalized spacial score (nSPS) is 11.7. The standard InChI is InChI=1S/C29H22Br2O2/c30-16-15-21-9-14-26-25-4-2-1-3-22(25)17-27(26)29(21)20-7-12-24(13-8-20)33-23-10-5-19(6-11-23)28(32)18-31/h1-14H,15-18H2. The summed E-state index contributed by atoms with van der Waals surface area (Å²) < 4.78 is 6.03.